The van der Waals surface area contributed by atoms with Crippen LogP contribution in [0.25, 0.3) is 10.9 Å². The third-order valence-corrected chi connectivity index (χ3v) is 8.33. The van der Waals surface area contributed by atoms with Gasteiger partial charge in [-0.2, -0.15) is 0 Å². The van der Waals surface area contributed by atoms with Crippen molar-refractivity contribution in [2.75, 3.05) is 32.1 Å². The predicted octanol–water partition coefficient (Wildman–Crippen LogP) is 4.09. The van der Waals surface area contributed by atoms with Crippen molar-refractivity contribution in [3.05, 3.63) is 65.4 Å². The molecule has 0 bridgehead atoms. The lowest BCUT2D eigenvalue weighted by atomic mass is 9.91. The minimum atomic E-state index is -0.748. The summed E-state index contributed by atoms with van der Waals surface area (Å²) in [6.07, 6.45) is 5.51. The molecule has 2 fully saturated rings. The van der Waals surface area contributed by atoms with Crippen molar-refractivity contribution in [2.24, 2.45) is 5.73 Å². The van der Waals surface area contributed by atoms with E-state index in [0.29, 0.717) is 24.8 Å². The Kier molecular flexibility index (Phi) is 9.42. The molecular weight excluding hydrogens is 502 g/mol. The van der Waals surface area contributed by atoms with Crippen LogP contribution in [0.3, 0.4) is 0 Å². The van der Waals surface area contributed by atoms with Gasteiger partial charge in [-0.15, -0.1) is 0 Å². The molecule has 1 saturated carbocycles. The molecule has 3 aromatic rings. The fourth-order valence-corrected chi connectivity index (χ4v) is 6.20. The maximum absolute atomic E-state index is 13.4. The minimum absolute atomic E-state index is 0.143. The molecule has 5 N–H and O–H groups in total. The maximum Gasteiger partial charge on any atom is 0.224 e. The molecule has 8 nitrogen and oxygen atoms in total. The largest absolute Gasteiger partial charge is 0.385 e. The number of nitrogens with two attached hydrogens (primary N) is 1. The number of nitrogens with one attached hydrogen (secondary N) is 2. The Morgan fingerprint density at radius 1 is 1.15 bits per heavy atom. The second-order valence-corrected chi connectivity index (χ2v) is 11.6. The first-order valence-electron chi connectivity index (χ1n) is 14.8. The number of carbonyl (C=O) groups is 1. The molecule has 40 heavy (non-hydrogen) atoms. The Bertz CT molecular complexity index is 1270. The van der Waals surface area contributed by atoms with Gasteiger partial charge in [0.1, 0.15) is 0 Å². The Hall–Kier alpha value is -2.91. The number of hydrogen-bond acceptors (Lipinski definition) is 6. The van der Waals surface area contributed by atoms with Gasteiger partial charge in [0, 0.05) is 80.1 Å². The quantitative estimate of drug-likeness (QED) is 0.190. The lowest BCUT2D eigenvalue weighted by molar-refractivity contribution is -0.132. The van der Waals surface area contributed by atoms with Crippen LogP contribution in [0, 0.1) is 6.92 Å². The summed E-state index contributed by atoms with van der Waals surface area (Å²) in [6.45, 7) is 5.41. The molecule has 5 rings (SSSR count). The summed E-state index contributed by atoms with van der Waals surface area (Å²) < 4.78 is 7.80. The molecule has 1 amide bonds. The van der Waals surface area contributed by atoms with E-state index in [0.717, 1.165) is 69.6 Å². The number of nitrogens with zero attached hydrogens (tertiary/aromatic N) is 2. The number of anilines is 1. The van der Waals surface area contributed by atoms with Gasteiger partial charge in [0.05, 0.1) is 0 Å². The zero-order valence-electron chi connectivity index (χ0n) is 23.9. The van der Waals surface area contributed by atoms with Crippen molar-refractivity contribution >= 4 is 22.5 Å². The van der Waals surface area contributed by atoms with Gasteiger partial charge < -0.3 is 30.4 Å². The molecule has 2 aliphatic rings. The van der Waals surface area contributed by atoms with Gasteiger partial charge in [-0.3, -0.25) is 10.1 Å². The lowest BCUT2D eigenvalue weighted by Gasteiger charge is -2.34. The summed E-state index contributed by atoms with van der Waals surface area (Å²) in [4.78, 5) is 15.4. The number of amides is 1. The summed E-state index contributed by atoms with van der Waals surface area (Å²) in [5.41, 5.74) is 12.4. The molecular formula is C32H45N5O3. The SMILES string of the molecule is COCCCn1c(C2CCCN(C(=O)C[C@H](N)Cc3ccc(NC(O)NC4CC4)cc3)C2)c(C)c2ccccc21. The first kappa shape index (κ1) is 28.6. The molecule has 216 valence electrons. The molecule has 3 atom stereocenters. The van der Waals surface area contributed by atoms with Crippen LogP contribution in [-0.2, 0) is 22.5 Å². The minimum Gasteiger partial charge on any atom is -0.385 e. The molecule has 1 aliphatic carbocycles. The van der Waals surface area contributed by atoms with Gasteiger partial charge in [-0.05, 0) is 74.8 Å². The topological polar surface area (TPSA) is 105 Å². The molecule has 8 heteroatoms. The Labute approximate surface area is 237 Å². The van der Waals surface area contributed by atoms with Crippen LogP contribution < -0.4 is 16.4 Å². The average Bonchev–Trinajstić information content (AvgIpc) is 3.72. The van der Waals surface area contributed by atoms with Gasteiger partial charge in [0.2, 0.25) is 5.91 Å². The molecule has 2 aromatic carbocycles. The zero-order chi connectivity index (χ0) is 28.1. The number of aryl methyl sites for hydroxylation is 2. The number of carbonyl (C=O) groups excluding carboxylic acids is 1. The smallest absolute Gasteiger partial charge is 0.224 e. The number of aliphatic hydroxyl groups is 1. The second kappa shape index (κ2) is 13.2. The van der Waals surface area contributed by atoms with E-state index in [2.05, 4.69) is 46.4 Å². The lowest BCUT2D eigenvalue weighted by Crippen LogP contribution is -2.42. The summed E-state index contributed by atoms with van der Waals surface area (Å²) in [7, 11) is 1.75. The van der Waals surface area contributed by atoms with E-state index in [-0.39, 0.29) is 11.9 Å². The first-order valence-corrected chi connectivity index (χ1v) is 14.8. The second-order valence-electron chi connectivity index (χ2n) is 11.6. The summed E-state index contributed by atoms with van der Waals surface area (Å²) in [6, 6.07) is 16.7. The van der Waals surface area contributed by atoms with Crippen molar-refractivity contribution in [1.29, 1.82) is 0 Å². The Morgan fingerprint density at radius 3 is 2.67 bits per heavy atom. The molecule has 2 heterocycles. The van der Waals surface area contributed by atoms with Gasteiger partial charge in [0.25, 0.3) is 0 Å². The van der Waals surface area contributed by atoms with Crippen molar-refractivity contribution in [2.45, 2.75) is 82.8 Å². The van der Waals surface area contributed by atoms with Crippen molar-refractivity contribution in [3.63, 3.8) is 0 Å². The van der Waals surface area contributed by atoms with E-state index in [1.54, 1.807) is 7.11 Å². The molecule has 0 radical (unpaired) electrons. The number of piperidine rings is 1. The van der Waals surface area contributed by atoms with Crippen LogP contribution in [0.5, 0.6) is 0 Å². The van der Waals surface area contributed by atoms with Crippen molar-refractivity contribution < 1.29 is 14.6 Å². The van der Waals surface area contributed by atoms with E-state index in [9.17, 15) is 9.90 Å². The van der Waals surface area contributed by atoms with Crippen LogP contribution in [0.4, 0.5) is 5.69 Å². The van der Waals surface area contributed by atoms with E-state index in [1.165, 1.54) is 22.2 Å². The number of para-hydroxylation sites is 1. The van der Waals surface area contributed by atoms with E-state index in [4.69, 9.17) is 10.5 Å². The molecule has 0 spiro atoms. The molecule has 2 unspecified atom stereocenters. The van der Waals surface area contributed by atoms with Gasteiger partial charge in [0.15, 0.2) is 6.35 Å². The van der Waals surface area contributed by atoms with Crippen LogP contribution in [-0.4, -0.2) is 65.7 Å². The fourth-order valence-electron chi connectivity index (χ4n) is 6.20. The number of likely N-dealkylation sites (tertiary alicyclic amines) is 1. The fraction of sp³-hybridized carbons (Fsp3) is 0.531. The average molecular weight is 548 g/mol. The summed E-state index contributed by atoms with van der Waals surface area (Å²) in [5.74, 6) is 0.457. The number of aromatic nitrogens is 1. The van der Waals surface area contributed by atoms with Crippen LogP contribution in [0.2, 0.25) is 0 Å². The molecule has 1 aliphatic heterocycles. The van der Waals surface area contributed by atoms with Gasteiger partial charge in [-0.1, -0.05) is 30.3 Å². The monoisotopic (exact) mass is 547 g/mol. The Morgan fingerprint density at radius 2 is 1.93 bits per heavy atom. The van der Waals surface area contributed by atoms with Gasteiger partial charge in [-0.25, -0.2) is 0 Å². The Balaban J connectivity index is 1.19. The molecule has 1 aromatic heterocycles. The highest BCUT2D eigenvalue weighted by Crippen LogP contribution is 2.36. The third kappa shape index (κ3) is 7.04. The number of methoxy groups -OCH3 is 1. The van der Waals surface area contributed by atoms with Crippen molar-refractivity contribution in [1.82, 2.24) is 14.8 Å². The number of hydrogen-bond donors (Lipinski definition) is 4. The van der Waals surface area contributed by atoms with Crippen molar-refractivity contribution in [3.8, 4) is 0 Å². The number of fused-ring (bicyclic) bond motifs is 1. The highest BCUT2D eigenvalue weighted by atomic mass is 16.5. The van der Waals surface area contributed by atoms with E-state index < -0.39 is 6.35 Å². The van der Waals surface area contributed by atoms with Crippen LogP contribution in [0.15, 0.2) is 48.5 Å². The van der Waals surface area contributed by atoms with E-state index in [1.807, 2.05) is 29.2 Å². The highest BCUT2D eigenvalue weighted by molar-refractivity contribution is 5.85. The number of ether oxygens (including phenoxy) is 1. The zero-order valence-corrected chi connectivity index (χ0v) is 23.9. The molecule has 1 saturated heterocycles. The summed E-state index contributed by atoms with van der Waals surface area (Å²) in [5, 5.41) is 17.5. The summed E-state index contributed by atoms with van der Waals surface area (Å²) >= 11 is 0. The maximum atomic E-state index is 13.4. The van der Waals surface area contributed by atoms with E-state index >= 15 is 0 Å². The van der Waals surface area contributed by atoms with Crippen LogP contribution >= 0.6 is 0 Å². The standard InChI is InChI=1S/C32H45N5O3/c1-22-28-8-3-4-9-29(28)37(17-6-18-40-2)31(22)24-7-5-16-36(21-24)30(38)20-25(33)19-23-10-12-26(13-11-23)34-32(39)35-27-14-15-27/h3-4,8-13,24-25,27,32,34-35,39H,5-7,14-21,33H2,1-2H3/t24?,25-,32?/m1/s1. The predicted molar refractivity (Wildman–Crippen MR) is 160 cm³/mol. The third-order valence-electron chi connectivity index (χ3n) is 8.33. The number of rotatable bonds is 13. The number of benzene rings is 2. The number of aliphatic hydroxyl groups excluding tert-OH is 1. The first-order chi connectivity index (χ1) is 19.4. The van der Waals surface area contributed by atoms with Crippen LogP contribution in [0.1, 0.15) is 61.3 Å². The normalized spacial score (nSPS) is 19.1. The van der Waals surface area contributed by atoms with Gasteiger partial charge >= 0.3 is 0 Å². The highest BCUT2D eigenvalue weighted by Gasteiger charge is 2.30.